The van der Waals surface area contributed by atoms with E-state index >= 15 is 0 Å². The minimum atomic E-state index is -1.64. The average molecular weight is 367 g/mol. The monoisotopic (exact) mass is 366 g/mol. The molecule has 6 heteroatoms. The van der Waals surface area contributed by atoms with Gasteiger partial charge in [-0.3, -0.25) is 9.59 Å². The summed E-state index contributed by atoms with van der Waals surface area (Å²) >= 11 is 0. The van der Waals surface area contributed by atoms with Gasteiger partial charge in [-0.25, -0.2) is 0 Å². The van der Waals surface area contributed by atoms with E-state index in [1.165, 1.54) is 38.5 Å². The van der Waals surface area contributed by atoms with Gasteiger partial charge in [0.2, 0.25) is 0 Å². The van der Waals surface area contributed by atoms with Gasteiger partial charge in [0.05, 0.1) is 0 Å². The van der Waals surface area contributed by atoms with E-state index in [0.29, 0.717) is 38.0 Å². The lowest BCUT2D eigenvalue weighted by atomic mass is 9.88. The molecule has 3 rings (SSSR count). The third-order valence-corrected chi connectivity index (χ3v) is 6.47. The first kappa shape index (κ1) is 19.6. The Kier molecular flexibility index (Phi) is 6.92. The van der Waals surface area contributed by atoms with Crippen LogP contribution in [0.4, 0.5) is 0 Å². The summed E-state index contributed by atoms with van der Waals surface area (Å²) in [5.74, 6) is -0.0413. The Bertz CT molecular complexity index is 442. The van der Waals surface area contributed by atoms with Crippen LogP contribution in [-0.2, 0) is 9.59 Å². The summed E-state index contributed by atoms with van der Waals surface area (Å²) in [5, 5.41) is 20.5. The standard InChI is InChI=1S/C20H34N2O4/c23-17-18(24)20(26)22(14-16-9-5-2-6-10-16)12-11-21(19(17)25)13-15-7-3-1-4-8-15/h15-18,23-24H,1-14H2/t17-,18-/m0/s1. The summed E-state index contributed by atoms with van der Waals surface area (Å²) < 4.78 is 0. The van der Waals surface area contributed by atoms with Crippen molar-refractivity contribution in [2.24, 2.45) is 11.8 Å². The molecule has 0 bridgehead atoms. The first-order valence-electron chi connectivity index (χ1n) is 10.5. The molecule has 3 fully saturated rings. The van der Waals surface area contributed by atoms with Gasteiger partial charge in [-0.1, -0.05) is 38.5 Å². The largest absolute Gasteiger partial charge is 0.380 e. The molecule has 2 aliphatic carbocycles. The predicted molar refractivity (Wildman–Crippen MR) is 98.3 cm³/mol. The van der Waals surface area contributed by atoms with Crippen LogP contribution in [0.1, 0.15) is 64.2 Å². The highest BCUT2D eigenvalue weighted by Crippen LogP contribution is 2.27. The van der Waals surface area contributed by atoms with E-state index in [0.717, 1.165) is 25.7 Å². The molecule has 0 aromatic carbocycles. The third-order valence-electron chi connectivity index (χ3n) is 6.47. The van der Waals surface area contributed by atoms with Crippen molar-refractivity contribution in [3.05, 3.63) is 0 Å². The lowest BCUT2D eigenvalue weighted by Gasteiger charge is -2.38. The minimum absolute atomic E-state index is 0.456. The summed E-state index contributed by atoms with van der Waals surface area (Å²) in [6.07, 6.45) is 8.51. The van der Waals surface area contributed by atoms with Crippen molar-refractivity contribution < 1.29 is 19.8 Å². The molecule has 0 spiro atoms. The van der Waals surface area contributed by atoms with E-state index in [1.54, 1.807) is 9.80 Å². The summed E-state index contributed by atoms with van der Waals surface area (Å²) in [4.78, 5) is 28.5. The van der Waals surface area contributed by atoms with Crippen molar-refractivity contribution in [1.29, 1.82) is 0 Å². The number of carbonyl (C=O) groups is 2. The zero-order chi connectivity index (χ0) is 18.5. The van der Waals surface area contributed by atoms with Crippen molar-refractivity contribution in [3.8, 4) is 0 Å². The zero-order valence-electron chi connectivity index (χ0n) is 15.8. The Morgan fingerprint density at radius 2 is 1.00 bits per heavy atom. The van der Waals surface area contributed by atoms with E-state index in [9.17, 15) is 19.8 Å². The van der Waals surface area contributed by atoms with Crippen LogP contribution >= 0.6 is 0 Å². The van der Waals surface area contributed by atoms with E-state index in [4.69, 9.17) is 0 Å². The van der Waals surface area contributed by atoms with Crippen LogP contribution in [-0.4, -0.2) is 70.2 Å². The number of aliphatic hydroxyl groups is 2. The highest BCUT2D eigenvalue weighted by atomic mass is 16.3. The zero-order valence-corrected chi connectivity index (χ0v) is 15.8. The molecule has 0 aromatic heterocycles. The van der Waals surface area contributed by atoms with Crippen molar-refractivity contribution in [2.75, 3.05) is 26.2 Å². The van der Waals surface area contributed by atoms with Crippen LogP contribution in [0.3, 0.4) is 0 Å². The number of nitrogens with zero attached hydrogens (tertiary/aromatic N) is 2. The second-order valence-electron chi connectivity index (χ2n) is 8.47. The molecule has 148 valence electrons. The van der Waals surface area contributed by atoms with E-state index in [1.807, 2.05) is 0 Å². The molecule has 3 aliphatic rings. The SMILES string of the molecule is O=C1[C@@H](O)[C@H](O)C(=O)N(CC2CCCCC2)CCN1CC1CCCCC1. The van der Waals surface area contributed by atoms with Crippen molar-refractivity contribution in [2.45, 2.75) is 76.4 Å². The molecule has 6 nitrogen and oxygen atoms in total. The Hall–Kier alpha value is -1.14. The number of aliphatic hydroxyl groups excluding tert-OH is 2. The minimum Gasteiger partial charge on any atom is -0.380 e. The Labute approximate surface area is 156 Å². The lowest BCUT2D eigenvalue weighted by Crippen LogP contribution is -2.58. The van der Waals surface area contributed by atoms with Crippen LogP contribution in [0.2, 0.25) is 0 Å². The topological polar surface area (TPSA) is 81.1 Å². The van der Waals surface area contributed by atoms with Crippen LogP contribution in [0.5, 0.6) is 0 Å². The molecule has 0 aromatic rings. The number of hydrogen-bond acceptors (Lipinski definition) is 4. The number of rotatable bonds is 4. The van der Waals surface area contributed by atoms with Gasteiger partial charge in [-0.2, -0.15) is 0 Å². The molecular formula is C20H34N2O4. The number of amides is 2. The Balaban J connectivity index is 1.65. The Morgan fingerprint density at radius 1 is 0.654 bits per heavy atom. The quantitative estimate of drug-likeness (QED) is 0.791. The highest BCUT2D eigenvalue weighted by molar-refractivity contribution is 5.91. The van der Waals surface area contributed by atoms with Crippen LogP contribution < -0.4 is 0 Å². The molecule has 1 saturated heterocycles. The normalized spacial score (nSPS) is 30.4. The lowest BCUT2D eigenvalue weighted by molar-refractivity contribution is -0.163. The van der Waals surface area contributed by atoms with Crippen molar-refractivity contribution in [1.82, 2.24) is 9.80 Å². The van der Waals surface area contributed by atoms with Gasteiger partial charge in [-0.05, 0) is 37.5 Å². The van der Waals surface area contributed by atoms with Gasteiger partial charge < -0.3 is 20.0 Å². The van der Waals surface area contributed by atoms with E-state index in [2.05, 4.69) is 0 Å². The van der Waals surface area contributed by atoms with Crippen molar-refractivity contribution in [3.63, 3.8) is 0 Å². The van der Waals surface area contributed by atoms with Gasteiger partial charge in [0.1, 0.15) is 0 Å². The third kappa shape index (κ3) is 4.77. The van der Waals surface area contributed by atoms with Gasteiger partial charge in [0, 0.05) is 26.2 Å². The number of carbonyl (C=O) groups excluding carboxylic acids is 2. The maximum absolute atomic E-state index is 12.6. The van der Waals surface area contributed by atoms with E-state index in [-0.39, 0.29) is 0 Å². The summed E-state index contributed by atoms with van der Waals surface area (Å²) in [7, 11) is 0. The molecule has 2 amide bonds. The van der Waals surface area contributed by atoms with Gasteiger partial charge >= 0.3 is 0 Å². The van der Waals surface area contributed by atoms with Crippen LogP contribution in [0.25, 0.3) is 0 Å². The second kappa shape index (κ2) is 9.18. The highest BCUT2D eigenvalue weighted by Gasteiger charge is 2.39. The fourth-order valence-corrected chi connectivity index (χ4v) is 4.83. The summed E-state index contributed by atoms with van der Waals surface area (Å²) in [6, 6.07) is 0. The maximum Gasteiger partial charge on any atom is 0.254 e. The molecule has 1 heterocycles. The van der Waals surface area contributed by atoms with Gasteiger partial charge in [0.15, 0.2) is 12.2 Å². The molecule has 0 radical (unpaired) electrons. The fourth-order valence-electron chi connectivity index (χ4n) is 4.83. The second-order valence-corrected chi connectivity index (χ2v) is 8.47. The molecule has 26 heavy (non-hydrogen) atoms. The van der Waals surface area contributed by atoms with Gasteiger partial charge in [-0.15, -0.1) is 0 Å². The summed E-state index contributed by atoms with van der Waals surface area (Å²) in [5.41, 5.74) is 0. The maximum atomic E-state index is 12.6. The molecule has 2 N–H and O–H groups in total. The molecule has 0 unspecified atom stereocenters. The molecule has 2 saturated carbocycles. The first-order valence-corrected chi connectivity index (χ1v) is 10.5. The van der Waals surface area contributed by atoms with Crippen LogP contribution in [0, 0.1) is 11.8 Å². The predicted octanol–water partition coefficient (Wildman–Crippen LogP) is 1.54. The van der Waals surface area contributed by atoms with Crippen molar-refractivity contribution >= 4 is 11.8 Å². The molecule has 1 aliphatic heterocycles. The van der Waals surface area contributed by atoms with E-state index < -0.39 is 24.0 Å². The smallest absolute Gasteiger partial charge is 0.254 e. The molecular weight excluding hydrogens is 332 g/mol. The molecule has 2 atom stereocenters. The fraction of sp³-hybridized carbons (Fsp3) is 0.900. The summed E-state index contributed by atoms with van der Waals surface area (Å²) in [6.45, 7) is 2.18. The van der Waals surface area contributed by atoms with Crippen LogP contribution in [0.15, 0.2) is 0 Å². The Morgan fingerprint density at radius 3 is 1.35 bits per heavy atom. The average Bonchev–Trinajstić information content (AvgIpc) is 2.68. The number of hydrogen-bond donors (Lipinski definition) is 2. The van der Waals surface area contributed by atoms with Gasteiger partial charge in [0.25, 0.3) is 11.8 Å². The first-order chi connectivity index (χ1) is 12.6.